The maximum atomic E-state index is 14.0. The normalized spacial score (nSPS) is 23.8. The molecule has 0 saturated heterocycles. The number of allylic oxidation sites excluding steroid dienone is 3. The van der Waals surface area contributed by atoms with Crippen LogP contribution in [0.5, 0.6) is 0 Å². The van der Waals surface area contributed by atoms with Gasteiger partial charge in [0, 0.05) is 29.3 Å². The Balaban J connectivity index is 1.84. The van der Waals surface area contributed by atoms with Gasteiger partial charge in [-0.15, -0.1) is 0 Å². The Morgan fingerprint density at radius 2 is 1.76 bits per heavy atom. The molecule has 1 aliphatic heterocycles. The second-order valence-corrected chi connectivity index (χ2v) is 10.2. The number of dihydropyridines is 1. The van der Waals surface area contributed by atoms with Crippen LogP contribution in [0.15, 0.2) is 46.8 Å². The maximum Gasteiger partial charge on any atom is 0.416 e. The summed E-state index contributed by atoms with van der Waals surface area (Å²) in [7, 11) is 0. The molecule has 2 aliphatic carbocycles. The van der Waals surface area contributed by atoms with E-state index in [2.05, 4.69) is 5.32 Å². The van der Waals surface area contributed by atoms with Crippen LogP contribution in [0.3, 0.4) is 0 Å². The Bertz CT molecular complexity index is 1030. The number of benzene rings is 1. The SMILES string of the molecule is CC1=C(C(=O)OC2CCCCC2)[C@@H](c2ccccc2C(F)(F)F)C2=C(CC(C)(C)CC2=O)N1. The van der Waals surface area contributed by atoms with Crippen LogP contribution in [-0.4, -0.2) is 17.9 Å². The Morgan fingerprint density at radius 3 is 2.42 bits per heavy atom. The molecule has 4 rings (SSSR count). The van der Waals surface area contributed by atoms with Crippen molar-refractivity contribution >= 4 is 11.8 Å². The second kappa shape index (κ2) is 8.65. The minimum Gasteiger partial charge on any atom is -0.459 e. The minimum absolute atomic E-state index is 0.0815. The van der Waals surface area contributed by atoms with E-state index in [1.807, 2.05) is 13.8 Å². The molecule has 1 N–H and O–H groups in total. The number of hydrogen-bond donors (Lipinski definition) is 1. The Morgan fingerprint density at radius 1 is 1.09 bits per heavy atom. The van der Waals surface area contributed by atoms with Gasteiger partial charge in [0.25, 0.3) is 0 Å². The zero-order valence-corrected chi connectivity index (χ0v) is 19.3. The lowest BCUT2D eigenvalue weighted by atomic mass is 9.68. The minimum atomic E-state index is -4.62. The monoisotopic (exact) mass is 461 g/mol. The molecular weight excluding hydrogens is 431 g/mol. The molecule has 1 atom stereocenters. The zero-order chi connectivity index (χ0) is 24.0. The second-order valence-electron chi connectivity index (χ2n) is 10.2. The third-order valence-electron chi connectivity index (χ3n) is 6.86. The van der Waals surface area contributed by atoms with Crippen molar-refractivity contribution in [3.8, 4) is 0 Å². The summed E-state index contributed by atoms with van der Waals surface area (Å²) in [5.41, 5.74) is 0.166. The quantitative estimate of drug-likeness (QED) is 0.546. The fourth-order valence-corrected chi connectivity index (χ4v) is 5.42. The first-order valence-electron chi connectivity index (χ1n) is 11.6. The van der Waals surface area contributed by atoms with Gasteiger partial charge in [-0.2, -0.15) is 13.2 Å². The van der Waals surface area contributed by atoms with E-state index in [1.54, 1.807) is 6.92 Å². The van der Waals surface area contributed by atoms with Gasteiger partial charge in [-0.1, -0.05) is 38.5 Å². The predicted octanol–water partition coefficient (Wildman–Crippen LogP) is 6.19. The molecule has 1 fully saturated rings. The third-order valence-corrected chi connectivity index (χ3v) is 6.86. The number of rotatable bonds is 3. The molecular formula is C26H30F3NO3. The van der Waals surface area contributed by atoms with Crippen LogP contribution in [0.4, 0.5) is 13.2 Å². The van der Waals surface area contributed by atoms with Gasteiger partial charge in [-0.25, -0.2) is 4.79 Å². The van der Waals surface area contributed by atoms with Crippen molar-refractivity contribution in [2.75, 3.05) is 0 Å². The van der Waals surface area contributed by atoms with Gasteiger partial charge in [-0.05, 0) is 56.1 Å². The lowest BCUT2D eigenvalue weighted by molar-refractivity contribution is -0.146. The lowest BCUT2D eigenvalue weighted by Crippen LogP contribution is -2.39. The predicted molar refractivity (Wildman–Crippen MR) is 118 cm³/mol. The first-order chi connectivity index (χ1) is 15.5. The van der Waals surface area contributed by atoms with E-state index in [9.17, 15) is 22.8 Å². The Kier molecular flexibility index (Phi) is 6.18. The van der Waals surface area contributed by atoms with Gasteiger partial charge in [0.2, 0.25) is 0 Å². The van der Waals surface area contributed by atoms with Crippen molar-refractivity contribution in [3.05, 3.63) is 57.9 Å². The largest absolute Gasteiger partial charge is 0.459 e. The Hall–Kier alpha value is -2.57. The zero-order valence-electron chi connectivity index (χ0n) is 19.3. The molecule has 178 valence electrons. The van der Waals surface area contributed by atoms with Gasteiger partial charge in [0.15, 0.2) is 5.78 Å². The smallest absolute Gasteiger partial charge is 0.416 e. The van der Waals surface area contributed by atoms with Crippen molar-refractivity contribution in [2.45, 2.75) is 83.9 Å². The van der Waals surface area contributed by atoms with Gasteiger partial charge in [-0.3, -0.25) is 4.79 Å². The van der Waals surface area contributed by atoms with Crippen LogP contribution in [0.25, 0.3) is 0 Å². The van der Waals surface area contributed by atoms with Crippen LogP contribution in [0.1, 0.15) is 82.8 Å². The Labute approximate surface area is 192 Å². The number of ether oxygens (including phenoxy) is 1. The average Bonchev–Trinajstić information content (AvgIpc) is 2.71. The number of carbonyl (C=O) groups excluding carboxylic acids is 2. The van der Waals surface area contributed by atoms with E-state index in [1.165, 1.54) is 18.2 Å². The van der Waals surface area contributed by atoms with Crippen LogP contribution in [0, 0.1) is 5.41 Å². The first kappa shape index (κ1) is 23.6. The third kappa shape index (κ3) is 4.73. The van der Waals surface area contributed by atoms with Gasteiger partial charge in [0.1, 0.15) is 6.10 Å². The number of nitrogens with one attached hydrogen (secondary N) is 1. The molecule has 33 heavy (non-hydrogen) atoms. The van der Waals surface area contributed by atoms with E-state index in [-0.39, 0.29) is 40.4 Å². The number of hydrogen-bond acceptors (Lipinski definition) is 4. The number of Topliss-reactive ketones (excluding diaryl/α,β-unsaturated/α-hetero) is 1. The van der Waals surface area contributed by atoms with Crippen molar-refractivity contribution < 1.29 is 27.5 Å². The van der Waals surface area contributed by atoms with Crippen molar-refractivity contribution in [3.63, 3.8) is 0 Å². The molecule has 0 spiro atoms. The molecule has 1 aromatic carbocycles. The number of ketones is 1. The summed E-state index contributed by atoms with van der Waals surface area (Å²) in [6.07, 6.45) is 0.344. The number of carbonyl (C=O) groups is 2. The van der Waals surface area contributed by atoms with E-state index in [4.69, 9.17) is 4.74 Å². The molecule has 3 aliphatic rings. The summed E-state index contributed by atoms with van der Waals surface area (Å²) in [6.45, 7) is 5.60. The van der Waals surface area contributed by atoms with Crippen molar-refractivity contribution in [2.24, 2.45) is 5.41 Å². The molecule has 1 saturated carbocycles. The van der Waals surface area contributed by atoms with E-state index in [0.717, 1.165) is 38.2 Å². The topological polar surface area (TPSA) is 55.4 Å². The van der Waals surface area contributed by atoms with E-state index < -0.39 is 23.6 Å². The van der Waals surface area contributed by atoms with Crippen molar-refractivity contribution in [1.29, 1.82) is 0 Å². The molecule has 1 heterocycles. The average molecular weight is 462 g/mol. The highest BCUT2D eigenvalue weighted by molar-refractivity contribution is 6.04. The lowest BCUT2D eigenvalue weighted by Gasteiger charge is -2.40. The molecule has 0 aromatic heterocycles. The summed E-state index contributed by atoms with van der Waals surface area (Å²) < 4.78 is 47.8. The molecule has 0 unspecified atom stereocenters. The summed E-state index contributed by atoms with van der Waals surface area (Å²) in [5, 5.41) is 3.19. The molecule has 0 bridgehead atoms. The maximum absolute atomic E-state index is 14.0. The van der Waals surface area contributed by atoms with Gasteiger partial charge >= 0.3 is 12.1 Å². The van der Waals surface area contributed by atoms with Gasteiger partial charge < -0.3 is 10.1 Å². The number of esters is 1. The summed E-state index contributed by atoms with van der Waals surface area (Å²) in [5.74, 6) is -1.98. The van der Waals surface area contributed by atoms with E-state index in [0.29, 0.717) is 17.8 Å². The highest BCUT2D eigenvalue weighted by Crippen LogP contribution is 2.49. The molecule has 7 heteroatoms. The molecule has 1 aromatic rings. The molecule has 0 radical (unpaired) electrons. The fraction of sp³-hybridized carbons (Fsp3) is 0.538. The van der Waals surface area contributed by atoms with Crippen LogP contribution in [-0.2, 0) is 20.5 Å². The molecule has 4 nitrogen and oxygen atoms in total. The standard InChI is InChI=1S/C26H30F3NO3/c1-15-21(24(32)33-16-9-5-4-6-10-16)22(17-11-7-8-12-18(17)26(27,28)29)23-19(30-15)13-25(2,3)14-20(23)31/h7-8,11-12,16,22,30H,4-6,9-10,13-14H2,1-3H3/t22-/m1/s1. The number of halogens is 3. The highest BCUT2D eigenvalue weighted by Gasteiger charge is 2.46. The van der Waals surface area contributed by atoms with Gasteiger partial charge in [0.05, 0.1) is 11.1 Å². The summed E-state index contributed by atoms with van der Waals surface area (Å²) in [6, 6.07) is 5.22. The van der Waals surface area contributed by atoms with Crippen molar-refractivity contribution in [1.82, 2.24) is 5.32 Å². The fourth-order valence-electron chi connectivity index (χ4n) is 5.42. The summed E-state index contributed by atoms with van der Waals surface area (Å²) >= 11 is 0. The highest BCUT2D eigenvalue weighted by atomic mass is 19.4. The van der Waals surface area contributed by atoms with Crippen LogP contribution >= 0.6 is 0 Å². The molecule has 0 amide bonds. The van der Waals surface area contributed by atoms with Crippen LogP contribution < -0.4 is 5.32 Å². The van der Waals surface area contributed by atoms with E-state index >= 15 is 0 Å². The van der Waals surface area contributed by atoms with Crippen LogP contribution in [0.2, 0.25) is 0 Å². The summed E-state index contributed by atoms with van der Waals surface area (Å²) in [4.78, 5) is 26.7. The number of alkyl halides is 3. The first-order valence-corrected chi connectivity index (χ1v) is 11.6.